The highest BCUT2D eigenvalue weighted by Crippen LogP contribution is 2.27. The molecule has 0 aliphatic heterocycles. The highest BCUT2D eigenvalue weighted by atomic mass is 35.5. The number of amides is 1. The fourth-order valence-corrected chi connectivity index (χ4v) is 4.44. The van der Waals surface area contributed by atoms with Crippen molar-refractivity contribution in [3.05, 3.63) is 112 Å². The number of esters is 1. The molecule has 0 saturated carbocycles. The summed E-state index contributed by atoms with van der Waals surface area (Å²) in [4.78, 5) is 37.8. The smallest absolute Gasteiger partial charge is 0.323 e. The zero-order valence-electron chi connectivity index (χ0n) is 18.2. The van der Waals surface area contributed by atoms with Crippen LogP contribution in [-0.4, -0.2) is 28.5 Å². The van der Waals surface area contributed by atoms with Gasteiger partial charge in [-0.05, 0) is 23.3 Å². The van der Waals surface area contributed by atoms with Gasteiger partial charge in [0.15, 0.2) is 10.4 Å². The Kier molecular flexibility index (Phi) is 8.01. The number of nitrogens with zero attached hydrogens (tertiary/aromatic N) is 3. The first-order chi connectivity index (χ1) is 16.6. The average molecular weight is 492 g/mol. The third kappa shape index (κ3) is 6.07. The molecule has 0 bridgehead atoms. The molecule has 2 aromatic heterocycles. The standard InChI is InChI=1S/C26H22ClN3O3S/c27-26-29-17-21(34-26)18-30(22-13-7-8-15-28-22)24(31)23(20-11-5-2-6-12-20)25(32)33-16-14-19-9-3-1-4-10-19/h1-13,15,17,23H,14,16,18H2. The van der Waals surface area contributed by atoms with Crippen molar-refractivity contribution in [3.8, 4) is 0 Å². The van der Waals surface area contributed by atoms with Crippen LogP contribution in [0.15, 0.2) is 91.3 Å². The molecule has 0 aliphatic rings. The zero-order chi connectivity index (χ0) is 23.8. The minimum absolute atomic E-state index is 0.174. The molecule has 2 heterocycles. The summed E-state index contributed by atoms with van der Waals surface area (Å²) in [6, 6.07) is 23.9. The molecule has 0 saturated heterocycles. The molecule has 6 nitrogen and oxygen atoms in total. The normalized spacial score (nSPS) is 11.6. The number of carbonyl (C=O) groups is 2. The van der Waals surface area contributed by atoms with Gasteiger partial charge in [-0.15, -0.1) is 11.3 Å². The predicted octanol–water partition coefficient (Wildman–Crippen LogP) is 5.29. The fraction of sp³-hybridized carbons (Fsp3) is 0.154. The van der Waals surface area contributed by atoms with Gasteiger partial charge in [0.05, 0.1) is 13.2 Å². The van der Waals surface area contributed by atoms with Crippen LogP contribution in [-0.2, 0) is 27.3 Å². The number of thiazole rings is 1. The van der Waals surface area contributed by atoms with E-state index in [-0.39, 0.29) is 13.2 Å². The monoisotopic (exact) mass is 491 g/mol. The molecule has 34 heavy (non-hydrogen) atoms. The Morgan fingerprint density at radius 2 is 1.65 bits per heavy atom. The Labute approximate surface area is 206 Å². The summed E-state index contributed by atoms with van der Waals surface area (Å²) in [6.45, 7) is 0.356. The van der Waals surface area contributed by atoms with Gasteiger partial charge in [0.25, 0.3) is 0 Å². The van der Waals surface area contributed by atoms with Crippen molar-refractivity contribution in [1.29, 1.82) is 0 Å². The molecule has 0 fully saturated rings. The van der Waals surface area contributed by atoms with Gasteiger partial charge in [0.2, 0.25) is 5.91 Å². The van der Waals surface area contributed by atoms with E-state index in [4.69, 9.17) is 16.3 Å². The molecule has 4 rings (SSSR count). The lowest BCUT2D eigenvalue weighted by atomic mass is 9.97. The van der Waals surface area contributed by atoms with Crippen LogP contribution < -0.4 is 4.90 Å². The van der Waals surface area contributed by atoms with Crippen LogP contribution >= 0.6 is 22.9 Å². The topological polar surface area (TPSA) is 72.4 Å². The second kappa shape index (κ2) is 11.5. The Balaban J connectivity index is 1.60. The third-order valence-corrected chi connectivity index (χ3v) is 6.22. The lowest BCUT2D eigenvalue weighted by Gasteiger charge is -2.25. The molecule has 1 atom stereocenters. The van der Waals surface area contributed by atoms with E-state index in [0.29, 0.717) is 22.3 Å². The molecular formula is C26H22ClN3O3S. The minimum atomic E-state index is -1.14. The number of halogens is 1. The summed E-state index contributed by atoms with van der Waals surface area (Å²) in [6.07, 6.45) is 3.78. The van der Waals surface area contributed by atoms with Gasteiger partial charge in [-0.3, -0.25) is 14.5 Å². The average Bonchev–Trinajstić information content (AvgIpc) is 3.29. The van der Waals surface area contributed by atoms with Crippen molar-refractivity contribution in [2.75, 3.05) is 11.5 Å². The Bertz CT molecular complexity index is 1220. The van der Waals surface area contributed by atoms with Crippen molar-refractivity contribution in [2.24, 2.45) is 0 Å². The molecule has 0 aliphatic carbocycles. The van der Waals surface area contributed by atoms with E-state index in [2.05, 4.69) is 9.97 Å². The van der Waals surface area contributed by atoms with Crippen LogP contribution in [0.2, 0.25) is 4.47 Å². The summed E-state index contributed by atoms with van der Waals surface area (Å²) in [7, 11) is 0. The van der Waals surface area contributed by atoms with Crippen LogP contribution in [0.25, 0.3) is 0 Å². The van der Waals surface area contributed by atoms with Gasteiger partial charge in [0.1, 0.15) is 5.82 Å². The molecule has 4 aromatic rings. The minimum Gasteiger partial charge on any atom is -0.464 e. The quantitative estimate of drug-likeness (QED) is 0.235. The van der Waals surface area contributed by atoms with E-state index in [0.717, 1.165) is 10.4 Å². The maximum Gasteiger partial charge on any atom is 0.323 e. The second-order valence-electron chi connectivity index (χ2n) is 7.44. The Hall–Kier alpha value is -3.55. The number of ether oxygens (including phenoxy) is 1. The van der Waals surface area contributed by atoms with Crippen LogP contribution in [0.4, 0.5) is 5.82 Å². The zero-order valence-corrected chi connectivity index (χ0v) is 19.8. The number of carbonyl (C=O) groups excluding carboxylic acids is 2. The number of hydrogen-bond donors (Lipinski definition) is 0. The third-order valence-electron chi connectivity index (χ3n) is 5.12. The Morgan fingerprint density at radius 1 is 0.941 bits per heavy atom. The summed E-state index contributed by atoms with van der Waals surface area (Å²) >= 11 is 7.27. The van der Waals surface area contributed by atoms with Gasteiger partial charge in [-0.25, -0.2) is 9.97 Å². The first kappa shape index (κ1) is 23.6. The van der Waals surface area contributed by atoms with E-state index >= 15 is 0 Å². The number of benzene rings is 2. The van der Waals surface area contributed by atoms with E-state index in [1.54, 1.807) is 54.9 Å². The molecule has 172 valence electrons. The molecule has 1 amide bonds. The highest BCUT2D eigenvalue weighted by Gasteiger charge is 2.35. The van der Waals surface area contributed by atoms with E-state index in [1.807, 2.05) is 36.4 Å². The van der Waals surface area contributed by atoms with Gasteiger partial charge in [0, 0.05) is 23.7 Å². The van der Waals surface area contributed by atoms with Crippen molar-refractivity contribution < 1.29 is 14.3 Å². The van der Waals surface area contributed by atoms with Gasteiger partial charge < -0.3 is 4.74 Å². The predicted molar refractivity (Wildman–Crippen MR) is 133 cm³/mol. The molecular weight excluding hydrogens is 470 g/mol. The second-order valence-corrected chi connectivity index (χ2v) is 9.14. The van der Waals surface area contributed by atoms with E-state index in [1.165, 1.54) is 16.2 Å². The summed E-state index contributed by atoms with van der Waals surface area (Å²) in [5, 5.41) is 0. The summed E-state index contributed by atoms with van der Waals surface area (Å²) in [5.41, 5.74) is 1.61. The van der Waals surface area contributed by atoms with Crippen LogP contribution in [0, 0.1) is 0 Å². The molecule has 0 radical (unpaired) electrons. The highest BCUT2D eigenvalue weighted by molar-refractivity contribution is 7.15. The van der Waals surface area contributed by atoms with Crippen molar-refractivity contribution in [1.82, 2.24) is 9.97 Å². The number of aromatic nitrogens is 2. The van der Waals surface area contributed by atoms with Crippen molar-refractivity contribution >= 4 is 40.6 Å². The number of anilines is 1. The Morgan fingerprint density at radius 3 is 2.29 bits per heavy atom. The molecule has 8 heteroatoms. The fourth-order valence-electron chi connectivity index (χ4n) is 3.48. The summed E-state index contributed by atoms with van der Waals surface area (Å²) in [5.74, 6) is -1.74. The molecule has 0 spiro atoms. The SMILES string of the molecule is O=C(OCCc1ccccc1)C(C(=O)N(Cc1cnc(Cl)s1)c1ccccn1)c1ccccc1. The maximum absolute atomic E-state index is 13.9. The largest absolute Gasteiger partial charge is 0.464 e. The van der Waals surface area contributed by atoms with Gasteiger partial charge in [-0.2, -0.15) is 0 Å². The first-order valence-corrected chi connectivity index (χ1v) is 11.9. The maximum atomic E-state index is 13.9. The molecule has 2 aromatic carbocycles. The molecule has 0 N–H and O–H groups in total. The van der Waals surface area contributed by atoms with Gasteiger partial charge >= 0.3 is 5.97 Å². The first-order valence-electron chi connectivity index (χ1n) is 10.7. The molecule has 1 unspecified atom stereocenters. The van der Waals surface area contributed by atoms with Crippen molar-refractivity contribution in [3.63, 3.8) is 0 Å². The lowest BCUT2D eigenvalue weighted by molar-refractivity contribution is -0.148. The number of hydrogen-bond acceptors (Lipinski definition) is 6. The number of rotatable bonds is 9. The lowest BCUT2D eigenvalue weighted by Crippen LogP contribution is -2.39. The number of pyridine rings is 1. The van der Waals surface area contributed by atoms with Crippen molar-refractivity contribution in [2.45, 2.75) is 18.9 Å². The van der Waals surface area contributed by atoms with E-state index < -0.39 is 17.8 Å². The van der Waals surface area contributed by atoms with E-state index in [9.17, 15) is 9.59 Å². The van der Waals surface area contributed by atoms with Crippen LogP contribution in [0.5, 0.6) is 0 Å². The van der Waals surface area contributed by atoms with Crippen LogP contribution in [0.1, 0.15) is 21.9 Å². The van der Waals surface area contributed by atoms with Gasteiger partial charge in [-0.1, -0.05) is 78.3 Å². The van der Waals surface area contributed by atoms with Crippen LogP contribution in [0.3, 0.4) is 0 Å². The summed E-state index contributed by atoms with van der Waals surface area (Å²) < 4.78 is 5.96.